The van der Waals surface area contributed by atoms with Crippen LogP contribution in [0.15, 0.2) is 24.3 Å². The van der Waals surface area contributed by atoms with Gasteiger partial charge in [-0.05, 0) is 61.8 Å². The topological polar surface area (TPSA) is 88.0 Å². The predicted octanol–water partition coefficient (Wildman–Crippen LogP) is 1.89. The lowest BCUT2D eigenvalue weighted by molar-refractivity contribution is 0.245. The zero-order chi connectivity index (χ0) is 17.2. The minimum absolute atomic E-state index is 0.181. The van der Waals surface area contributed by atoms with Crippen molar-refractivity contribution in [3.05, 3.63) is 24.3 Å². The van der Waals surface area contributed by atoms with Gasteiger partial charge in [-0.2, -0.15) is 0 Å². The Morgan fingerprint density at radius 2 is 2.20 bits per heavy atom. The molecular formula is C17H23N7O. The van der Waals surface area contributed by atoms with Crippen LogP contribution >= 0.6 is 0 Å². The molecule has 0 bridgehead atoms. The number of benzene rings is 1. The molecule has 0 radical (unpaired) electrons. The van der Waals surface area contributed by atoms with Crippen LogP contribution in [0.5, 0.6) is 0 Å². The molecule has 1 atom stereocenters. The van der Waals surface area contributed by atoms with Gasteiger partial charge in [0, 0.05) is 23.8 Å². The fourth-order valence-corrected chi connectivity index (χ4v) is 3.31. The van der Waals surface area contributed by atoms with Crippen molar-refractivity contribution < 1.29 is 4.79 Å². The van der Waals surface area contributed by atoms with Crippen molar-refractivity contribution >= 4 is 11.7 Å². The number of anilines is 1. The second-order valence-electron chi connectivity index (χ2n) is 6.87. The lowest BCUT2D eigenvalue weighted by Gasteiger charge is -2.19. The Hall–Kier alpha value is -2.48. The number of carbonyl (C=O) groups excluding carboxylic acids is 1. The lowest BCUT2D eigenvalue weighted by atomic mass is 10.2. The first kappa shape index (κ1) is 16.0. The first-order chi connectivity index (χ1) is 12.2. The standard InChI is InChI=1S/C17H23N7O/c1-23-9-3-6-15(23)11-18-17(25)19-13-5-2-4-12(10-13)16-20-21-22-24(16)14-7-8-14/h2,4-5,10,14-15H,3,6-9,11H2,1H3,(H2,18,19,25). The molecule has 2 amide bonds. The van der Waals surface area contributed by atoms with E-state index < -0.39 is 0 Å². The molecule has 1 saturated carbocycles. The Bertz CT molecular complexity index is 755. The van der Waals surface area contributed by atoms with Gasteiger partial charge < -0.3 is 15.5 Å². The second-order valence-corrected chi connectivity index (χ2v) is 6.87. The van der Waals surface area contributed by atoms with Gasteiger partial charge in [-0.15, -0.1) is 5.10 Å². The average molecular weight is 341 g/mol. The number of likely N-dealkylation sites (N-methyl/N-ethyl adjacent to an activating group) is 1. The van der Waals surface area contributed by atoms with Crippen LogP contribution in [-0.2, 0) is 0 Å². The average Bonchev–Trinajstić information content (AvgIpc) is 3.18. The molecule has 4 rings (SSSR count). The van der Waals surface area contributed by atoms with Crippen LogP contribution in [-0.4, -0.2) is 57.3 Å². The largest absolute Gasteiger partial charge is 0.336 e. The number of hydrogen-bond donors (Lipinski definition) is 2. The first-order valence-electron chi connectivity index (χ1n) is 8.84. The maximum atomic E-state index is 12.2. The number of tetrazole rings is 1. The zero-order valence-electron chi connectivity index (χ0n) is 14.4. The zero-order valence-corrected chi connectivity index (χ0v) is 14.4. The Morgan fingerprint density at radius 3 is 2.96 bits per heavy atom. The Morgan fingerprint density at radius 1 is 1.32 bits per heavy atom. The molecule has 2 heterocycles. The van der Waals surface area contributed by atoms with Crippen molar-refractivity contribution in [2.45, 2.75) is 37.8 Å². The lowest BCUT2D eigenvalue weighted by Crippen LogP contribution is -2.40. The van der Waals surface area contributed by atoms with E-state index in [4.69, 9.17) is 0 Å². The van der Waals surface area contributed by atoms with Crippen LogP contribution in [0.4, 0.5) is 10.5 Å². The minimum Gasteiger partial charge on any atom is -0.336 e. The monoisotopic (exact) mass is 341 g/mol. The number of aromatic nitrogens is 4. The normalized spacial score (nSPS) is 20.6. The summed E-state index contributed by atoms with van der Waals surface area (Å²) in [6.07, 6.45) is 4.57. The first-order valence-corrected chi connectivity index (χ1v) is 8.84. The third kappa shape index (κ3) is 3.63. The van der Waals surface area contributed by atoms with Gasteiger partial charge in [0.15, 0.2) is 5.82 Å². The molecule has 1 unspecified atom stereocenters. The van der Waals surface area contributed by atoms with E-state index in [0.717, 1.165) is 42.9 Å². The summed E-state index contributed by atoms with van der Waals surface area (Å²) in [5, 5.41) is 17.9. The molecule has 1 aliphatic carbocycles. The fourth-order valence-electron chi connectivity index (χ4n) is 3.31. The molecule has 2 fully saturated rings. The Labute approximate surface area is 146 Å². The van der Waals surface area contributed by atoms with Gasteiger partial charge in [-0.3, -0.25) is 0 Å². The molecule has 2 aromatic rings. The summed E-state index contributed by atoms with van der Waals surface area (Å²) >= 11 is 0. The number of carbonyl (C=O) groups is 1. The maximum absolute atomic E-state index is 12.2. The molecular weight excluding hydrogens is 318 g/mol. The third-order valence-electron chi connectivity index (χ3n) is 4.93. The quantitative estimate of drug-likeness (QED) is 0.867. The maximum Gasteiger partial charge on any atom is 0.319 e. The molecule has 1 aliphatic heterocycles. The number of amides is 2. The summed E-state index contributed by atoms with van der Waals surface area (Å²) in [5.74, 6) is 0.749. The summed E-state index contributed by atoms with van der Waals surface area (Å²) in [4.78, 5) is 14.5. The van der Waals surface area contributed by atoms with Crippen LogP contribution < -0.4 is 10.6 Å². The molecule has 25 heavy (non-hydrogen) atoms. The summed E-state index contributed by atoms with van der Waals surface area (Å²) < 4.78 is 1.87. The van der Waals surface area contributed by atoms with Crippen molar-refractivity contribution in [2.24, 2.45) is 0 Å². The summed E-state index contributed by atoms with van der Waals surface area (Å²) in [7, 11) is 2.10. The third-order valence-corrected chi connectivity index (χ3v) is 4.93. The number of nitrogens with zero attached hydrogens (tertiary/aromatic N) is 5. The van der Waals surface area contributed by atoms with E-state index in [2.05, 4.69) is 38.1 Å². The number of rotatable bonds is 5. The highest BCUT2D eigenvalue weighted by Gasteiger charge is 2.28. The summed E-state index contributed by atoms with van der Waals surface area (Å²) in [6.45, 7) is 1.77. The smallest absolute Gasteiger partial charge is 0.319 e. The highest BCUT2D eigenvalue weighted by Crippen LogP contribution is 2.36. The summed E-state index contributed by atoms with van der Waals surface area (Å²) in [5.41, 5.74) is 1.64. The van der Waals surface area contributed by atoms with Crippen molar-refractivity contribution in [1.82, 2.24) is 30.4 Å². The van der Waals surface area contributed by atoms with E-state index in [0.29, 0.717) is 18.6 Å². The minimum atomic E-state index is -0.181. The van der Waals surface area contributed by atoms with Crippen LogP contribution in [0.25, 0.3) is 11.4 Å². The summed E-state index contributed by atoms with van der Waals surface area (Å²) in [6, 6.07) is 8.30. The molecule has 1 saturated heterocycles. The van der Waals surface area contributed by atoms with Gasteiger partial charge in [-0.1, -0.05) is 12.1 Å². The molecule has 1 aromatic carbocycles. The van der Waals surface area contributed by atoms with E-state index in [9.17, 15) is 4.79 Å². The van der Waals surface area contributed by atoms with E-state index in [1.54, 1.807) is 0 Å². The van der Waals surface area contributed by atoms with E-state index in [1.165, 1.54) is 6.42 Å². The van der Waals surface area contributed by atoms with Crippen molar-refractivity contribution in [3.8, 4) is 11.4 Å². The highest BCUT2D eigenvalue weighted by atomic mass is 16.2. The number of nitrogens with one attached hydrogen (secondary N) is 2. The van der Waals surface area contributed by atoms with Crippen LogP contribution in [0.3, 0.4) is 0 Å². The van der Waals surface area contributed by atoms with Crippen LogP contribution in [0.1, 0.15) is 31.7 Å². The number of urea groups is 1. The SMILES string of the molecule is CN1CCCC1CNC(=O)Nc1cccc(-c2nnnn2C2CC2)c1. The van der Waals surface area contributed by atoms with Gasteiger partial charge in [0.1, 0.15) is 0 Å². The molecule has 2 aliphatic rings. The number of likely N-dealkylation sites (tertiary alicyclic amines) is 1. The van der Waals surface area contributed by atoms with Crippen molar-refractivity contribution in [2.75, 3.05) is 25.5 Å². The fraction of sp³-hybridized carbons (Fsp3) is 0.529. The van der Waals surface area contributed by atoms with Crippen LogP contribution in [0, 0.1) is 0 Å². The van der Waals surface area contributed by atoms with E-state index in [1.807, 2.05) is 28.9 Å². The molecule has 8 nitrogen and oxygen atoms in total. The Kier molecular flexibility index (Phi) is 4.35. The van der Waals surface area contributed by atoms with Gasteiger partial charge in [0.2, 0.25) is 0 Å². The molecule has 1 aromatic heterocycles. The molecule has 8 heteroatoms. The van der Waals surface area contributed by atoms with E-state index in [-0.39, 0.29) is 6.03 Å². The van der Waals surface area contributed by atoms with Gasteiger partial charge in [0.25, 0.3) is 0 Å². The molecule has 132 valence electrons. The molecule has 0 spiro atoms. The van der Waals surface area contributed by atoms with Gasteiger partial charge in [0.05, 0.1) is 6.04 Å². The molecule has 2 N–H and O–H groups in total. The second kappa shape index (κ2) is 6.79. The van der Waals surface area contributed by atoms with Crippen molar-refractivity contribution in [1.29, 1.82) is 0 Å². The van der Waals surface area contributed by atoms with Crippen molar-refractivity contribution in [3.63, 3.8) is 0 Å². The highest BCUT2D eigenvalue weighted by molar-refractivity contribution is 5.89. The predicted molar refractivity (Wildman–Crippen MR) is 94.2 cm³/mol. The van der Waals surface area contributed by atoms with E-state index >= 15 is 0 Å². The van der Waals surface area contributed by atoms with Crippen LogP contribution in [0.2, 0.25) is 0 Å². The van der Waals surface area contributed by atoms with Gasteiger partial charge in [-0.25, -0.2) is 9.48 Å². The van der Waals surface area contributed by atoms with Gasteiger partial charge >= 0.3 is 6.03 Å². The Balaban J connectivity index is 1.39. The number of hydrogen-bond acceptors (Lipinski definition) is 5.